The molecule has 0 fully saturated rings. The van der Waals surface area contributed by atoms with E-state index in [9.17, 15) is 14.0 Å². The van der Waals surface area contributed by atoms with Gasteiger partial charge in [0, 0.05) is 17.7 Å². The Bertz CT molecular complexity index is 813. The number of nitrogens with one attached hydrogen (secondary N) is 1. The van der Waals surface area contributed by atoms with Crippen molar-refractivity contribution < 1.29 is 13.9 Å². The first-order chi connectivity index (χ1) is 9.92. The second-order valence-electron chi connectivity index (χ2n) is 4.22. The third kappa shape index (κ3) is 3.16. The first kappa shape index (κ1) is 14.9. The Morgan fingerprint density at radius 2 is 2.19 bits per heavy atom. The zero-order valence-corrected chi connectivity index (χ0v) is 11.9. The van der Waals surface area contributed by atoms with E-state index in [-0.39, 0.29) is 17.1 Å². The minimum Gasteiger partial charge on any atom is -0.496 e. The molecule has 0 aliphatic rings. The standard InChI is InChI=1S/C13H12FN3O3S/c1-20-10-4-7(14)2-3-8(10)9-5-12(19)16-13(21)17(9)6-11(15)18/h2-5H,6H2,1H3,(H2,15,18)(H,16,19,21). The number of ether oxygens (including phenoxy) is 1. The van der Waals surface area contributed by atoms with Crippen LogP contribution >= 0.6 is 12.2 Å². The molecule has 0 saturated carbocycles. The van der Waals surface area contributed by atoms with E-state index in [0.717, 1.165) is 0 Å². The van der Waals surface area contributed by atoms with E-state index in [0.29, 0.717) is 11.3 Å². The lowest BCUT2D eigenvalue weighted by molar-refractivity contribution is -0.118. The molecule has 0 unspecified atom stereocenters. The van der Waals surface area contributed by atoms with E-state index in [1.165, 1.54) is 35.9 Å². The summed E-state index contributed by atoms with van der Waals surface area (Å²) in [6.07, 6.45) is 0. The zero-order chi connectivity index (χ0) is 15.6. The smallest absolute Gasteiger partial charge is 0.252 e. The molecule has 21 heavy (non-hydrogen) atoms. The molecule has 1 aromatic heterocycles. The van der Waals surface area contributed by atoms with Crippen LogP contribution in [0.15, 0.2) is 29.1 Å². The van der Waals surface area contributed by atoms with Gasteiger partial charge in [0.2, 0.25) is 5.91 Å². The molecule has 0 saturated heterocycles. The molecule has 0 aliphatic carbocycles. The van der Waals surface area contributed by atoms with Gasteiger partial charge in [-0.25, -0.2) is 4.39 Å². The van der Waals surface area contributed by atoms with Crippen molar-refractivity contribution in [3.05, 3.63) is 45.2 Å². The lowest BCUT2D eigenvalue weighted by Crippen LogP contribution is -2.23. The Morgan fingerprint density at radius 3 is 2.81 bits per heavy atom. The molecule has 110 valence electrons. The van der Waals surface area contributed by atoms with Gasteiger partial charge in [0.05, 0.1) is 12.8 Å². The van der Waals surface area contributed by atoms with E-state index in [1.54, 1.807) is 0 Å². The van der Waals surface area contributed by atoms with Crippen molar-refractivity contribution in [1.82, 2.24) is 9.55 Å². The maximum Gasteiger partial charge on any atom is 0.252 e. The topological polar surface area (TPSA) is 90.1 Å². The average molecular weight is 309 g/mol. The van der Waals surface area contributed by atoms with Crippen LogP contribution in [0.4, 0.5) is 4.39 Å². The summed E-state index contributed by atoms with van der Waals surface area (Å²) in [5.41, 5.74) is 5.49. The van der Waals surface area contributed by atoms with Crippen LogP contribution in [0.25, 0.3) is 11.3 Å². The Hall–Kier alpha value is -2.48. The van der Waals surface area contributed by atoms with E-state index >= 15 is 0 Å². The Morgan fingerprint density at radius 1 is 1.48 bits per heavy atom. The quantitative estimate of drug-likeness (QED) is 0.831. The number of aromatic nitrogens is 2. The van der Waals surface area contributed by atoms with Crippen LogP contribution in [0.5, 0.6) is 5.75 Å². The van der Waals surface area contributed by atoms with Crippen molar-refractivity contribution in [1.29, 1.82) is 0 Å². The predicted molar refractivity (Wildman–Crippen MR) is 77.0 cm³/mol. The summed E-state index contributed by atoms with van der Waals surface area (Å²) in [6.45, 7) is -0.217. The van der Waals surface area contributed by atoms with Gasteiger partial charge < -0.3 is 15.0 Å². The van der Waals surface area contributed by atoms with Crippen LogP contribution < -0.4 is 16.0 Å². The molecule has 0 radical (unpaired) electrons. The number of aromatic amines is 1. The number of methoxy groups -OCH3 is 1. The molecule has 1 aromatic carbocycles. The van der Waals surface area contributed by atoms with Gasteiger partial charge in [-0.1, -0.05) is 0 Å². The first-order valence-electron chi connectivity index (χ1n) is 5.88. The molecule has 1 amide bonds. The number of amides is 1. The molecule has 0 spiro atoms. The van der Waals surface area contributed by atoms with E-state index < -0.39 is 17.3 Å². The van der Waals surface area contributed by atoms with Crippen LogP contribution in [0.2, 0.25) is 0 Å². The fourth-order valence-corrected chi connectivity index (χ4v) is 2.20. The summed E-state index contributed by atoms with van der Waals surface area (Å²) >= 11 is 5.04. The maximum atomic E-state index is 13.3. The van der Waals surface area contributed by atoms with Crippen LogP contribution in [0, 0.1) is 10.6 Å². The summed E-state index contributed by atoms with van der Waals surface area (Å²) < 4.78 is 19.8. The van der Waals surface area contributed by atoms with Crippen molar-refractivity contribution >= 4 is 18.1 Å². The summed E-state index contributed by atoms with van der Waals surface area (Å²) in [4.78, 5) is 25.2. The monoisotopic (exact) mass is 309 g/mol. The summed E-state index contributed by atoms with van der Waals surface area (Å²) in [5, 5.41) is 0. The number of hydrogen-bond acceptors (Lipinski definition) is 4. The zero-order valence-electron chi connectivity index (χ0n) is 11.1. The molecule has 1 heterocycles. The summed E-state index contributed by atoms with van der Waals surface area (Å²) in [5.74, 6) is -0.894. The van der Waals surface area contributed by atoms with E-state index in [2.05, 4.69) is 4.98 Å². The predicted octanol–water partition coefficient (Wildman–Crippen LogP) is 1.21. The van der Waals surface area contributed by atoms with Gasteiger partial charge >= 0.3 is 0 Å². The van der Waals surface area contributed by atoms with Gasteiger partial charge in [-0.2, -0.15) is 0 Å². The Labute approximate surface area is 124 Å². The second kappa shape index (κ2) is 5.88. The molecule has 2 rings (SSSR count). The number of hydrogen-bond donors (Lipinski definition) is 2. The van der Waals surface area contributed by atoms with E-state index in [1.807, 2.05) is 0 Å². The van der Waals surface area contributed by atoms with Crippen molar-refractivity contribution in [3.8, 4) is 17.0 Å². The van der Waals surface area contributed by atoms with Crippen molar-refractivity contribution in [3.63, 3.8) is 0 Å². The van der Waals surface area contributed by atoms with Crippen LogP contribution in [0.3, 0.4) is 0 Å². The van der Waals surface area contributed by atoms with Crippen molar-refractivity contribution in [2.24, 2.45) is 5.73 Å². The Kier molecular flexibility index (Phi) is 4.18. The molecular weight excluding hydrogens is 297 g/mol. The molecule has 2 aromatic rings. The largest absolute Gasteiger partial charge is 0.496 e. The second-order valence-corrected chi connectivity index (χ2v) is 4.61. The SMILES string of the molecule is COc1cc(F)ccc1-c1cc(=O)[nH]c(=S)n1CC(N)=O. The highest BCUT2D eigenvalue weighted by molar-refractivity contribution is 7.71. The average Bonchev–Trinajstić information content (AvgIpc) is 2.41. The fraction of sp³-hybridized carbons (Fsp3) is 0.154. The number of benzene rings is 1. The number of carbonyl (C=O) groups is 1. The molecular formula is C13H12FN3O3S. The molecule has 0 atom stereocenters. The molecule has 3 N–H and O–H groups in total. The van der Waals surface area contributed by atoms with Gasteiger partial charge in [0.1, 0.15) is 18.1 Å². The first-order valence-corrected chi connectivity index (χ1v) is 6.29. The molecule has 0 aliphatic heterocycles. The highest BCUT2D eigenvalue weighted by Crippen LogP contribution is 2.29. The number of carbonyl (C=O) groups excluding carboxylic acids is 1. The van der Waals surface area contributed by atoms with Crippen LogP contribution in [0.1, 0.15) is 0 Å². The molecule has 8 heteroatoms. The van der Waals surface area contributed by atoms with Gasteiger partial charge in [-0.15, -0.1) is 0 Å². The third-order valence-electron chi connectivity index (χ3n) is 2.79. The lowest BCUT2D eigenvalue weighted by atomic mass is 10.1. The van der Waals surface area contributed by atoms with Gasteiger partial charge in [0.25, 0.3) is 5.56 Å². The Balaban J connectivity index is 2.76. The van der Waals surface area contributed by atoms with Crippen molar-refractivity contribution in [2.45, 2.75) is 6.54 Å². The third-order valence-corrected chi connectivity index (χ3v) is 3.11. The highest BCUT2D eigenvalue weighted by atomic mass is 32.1. The van der Waals surface area contributed by atoms with Crippen molar-refractivity contribution in [2.75, 3.05) is 7.11 Å². The minimum atomic E-state index is -0.625. The minimum absolute atomic E-state index is 0.0441. The highest BCUT2D eigenvalue weighted by Gasteiger charge is 2.14. The summed E-state index contributed by atoms with van der Waals surface area (Å²) in [7, 11) is 1.37. The number of primary amides is 1. The van der Waals surface area contributed by atoms with Crippen LogP contribution in [-0.4, -0.2) is 22.6 Å². The maximum absolute atomic E-state index is 13.3. The number of nitrogens with zero attached hydrogens (tertiary/aromatic N) is 1. The lowest BCUT2D eigenvalue weighted by Gasteiger charge is -2.14. The number of rotatable bonds is 4. The van der Waals surface area contributed by atoms with E-state index in [4.69, 9.17) is 22.7 Å². The number of H-pyrrole nitrogens is 1. The van der Waals surface area contributed by atoms with Gasteiger partial charge in [-0.3, -0.25) is 14.6 Å². The van der Waals surface area contributed by atoms with Gasteiger partial charge in [-0.05, 0) is 24.4 Å². The van der Waals surface area contributed by atoms with Gasteiger partial charge in [0.15, 0.2) is 4.77 Å². The number of nitrogens with two attached hydrogens (primary N) is 1. The normalized spacial score (nSPS) is 10.4. The fourth-order valence-electron chi connectivity index (χ4n) is 1.93. The molecule has 0 bridgehead atoms. The van der Waals surface area contributed by atoms with Crippen LogP contribution in [-0.2, 0) is 11.3 Å². The summed E-state index contributed by atoms with van der Waals surface area (Å²) in [6, 6.07) is 5.08. The molecule has 6 nitrogen and oxygen atoms in total. The number of halogens is 1.